The molecule has 0 amide bonds. The summed E-state index contributed by atoms with van der Waals surface area (Å²) in [5.74, 6) is -0.222. The second kappa shape index (κ2) is 5.08. The van der Waals surface area contributed by atoms with Crippen molar-refractivity contribution in [2.45, 2.75) is 18.7 Å². The first-order chi connectivity index (χ1) is 6.49. The molecule has 0 nitrogen and oxygen atoms in total. The van der Waals surface area contributed by atoms with E-state index in [9.17, 15) is 4.39 Å². The van der Waals surface area contributed by atoms with Crippen LogP contribution in [0.3, 0.4) is 0 Å². The third kappa shape index (κ3) is 3.54. The van der Waals surface area contributed by atoms with Crippen molar-refractivity contribution < 1.29 is 4.39 Å². The van der Waals surface area contributed by atoms with E-state index in [1.165, 1.54) is 17.7 Å². The molecule has 0 fully saturated rings. The van der Waals surface area contributed by atoms with Crippen molar-refractivity contribution in [1.29, 1.82) is 0 Å². The molecule has 0 heterocycles. The minimum absolute atomic E-state index is 0.222. The van der Waals surface area contributed by atoms with Gasteiger partial charge in [0, 0.05) is 9.30 Å². The zero-order valence-corrected chi connectivity index (χ0v) is 11.2. The van der Waals surface area contributed by atoms with E-state index in [0.717, 1.165) is 10.0 Å². The minimum atomic E-state index is -0.222. The highest BCUT2D eigenvalue weighted by Gasteiger charge is 2.00. The largest absolute Gasteiger partial charge is 0.207 e. The summed E-state index contributed by atoms with van der Waals surface area (Å²) < 4.78 is 13.8. The summed E-state index contributed by atoms with van der Waals surface area (Å²) in [5, 5.41) is 0. The molecule has 0 saturated heterocycles. The molecule has 1 rings (SSSR count). The fourth-order valence-corrected chi connectivity index (χ4v) is 1.65. The molecule has 1 aromatic carbocycles. The second-order valence-electron chi connectivity index (χ2n) is 3.21. The molecular formula is C11H11Br2F. The summed E-state index contributed by atoms with van der Waals surface area (Å²) in [4.78, 5) is 0.310. The smallest absolute Gasteiger partial charge is 0.124 e. The van der Waals surface area contributed by atoms with Crippen molar-refractivity contribution in [2.75, 3.05) is 0 Å². The summed E-state index contributed by atoms with van der Waals surface area (Å²) in [7, 11) is 0. The Kier molecular flexibility index (Phi) is 4.32. The van der Waals surface area contributed by atoms with Gasteiger partial charge in [-0.05, 0) is 37.6 Å². The van der Waals surface area contributed by atoms with Gasteiger partial charge in [0.25, 0.3) is 0 Å². The summed E-state index contributed by atoms with van der Waals surface area (Å²) in [6, 6.07) is 4.86. The maximum atomic E-state index is 13.0. The van der Waals surface area contributed by atoms with Crippen molar-refractivity contribution in [1.82, 2.24) is 0 Å². The number of benzene rings is 1. The van der Waals surface area contributed by atoms with Crippen molar-refractivity contribution in [2.24, 2.45) is 0 Å². The van der Waals surface area contributed by atoms with E-state index in [1.54, 1.807) is 0 Å². The van der Waals surface area contributed by atoms with Crippen molar-refractivity contribution in [3.05, 3.63) is 39.6 Å². The third-order valence-corrected chi connectivity index (χ3v) is 3.09. The summed E-state index contributed by atoms with van der Waals surface area (Å²) >= 11 is 6.72. The zero-order valence-electron chi connectivity index (χ0n) is 8.02. The van der Waals surface area contributed by atoms with Gasteiger partial charge in [0.05, 0.1) is 0 Å². The molecule has 0 bridgehead atoms. The predicted octanol–water partition coefficient (Wildman–Crippen LogP) is 4.77. The van der Waals surface area contributed by atoms with Gasteiger partial charge in [0.15, 0.2) is 0 Å². The molecule has 0 N–H and O–H groups in total. The van der Waals surface area contributed by atoms with Gasteiger partial charge in [-0.3, -0.25) is 0 Å². The van der Waals surface area contributed by atoms with Crippen LogP contribution < -0.4 is 0 Å². The van der Waals surface area contributed by atoms with Crippen LogP contribution in [-0.4, -0.2) is 4.83 Å². The van der Waals surface area contributed by atoms with Gasteiger partial charge in [-0.25, -0.2) is 4.39 Å². The zero-order chi connectivity index (χ0) is 10.7. The Balaban J connectivity index is 3.02. The lowest BCUT2D eigenvalue weighted by atomic mass is 10.1. The summed E-state index contributed by atoms with van der Waals surface area (Å²) in [6.07, 6.45) is 1.97. The molecule has 0 aliphatic heterocycles. The Hall–Kier alpha value is -0.150. The fraction of sp³-hybridized carbons (Fsp3) is 0.273. The first-order valence-corrected chi connectivity index (χ1v) is 5.98. The van der Waals surface area contributed by atoms with Gasteiger partial charge < -0.3 is 0 Å². The standard InChI is InChI=1S/C11H11Br2F/c1-7(8(2)12)3-9-4-10(13)6-11(14)5-9/h3-6,8H,1-2H3/b7-3+. The van der Waals surface area contributed by atoms with Crippen LogP contribution in [0.1, 0.15) is 19.4 Å². The van der Waals surface area contributed by atoms with Crippen LogP contribution in [0.4, 0.5) is 4.39 Å². The van der Waals surface area contributed by atoms with Gasteiger partial charge in [-0.15, -0.1) is 0 Å². The Morgan fingerprint density at radius 2 is 2.07 bits per heavy atom. The van der Waals surface area contributed by atoms with Crippen molar-refractivity contribution in [3.63, 3.8) is 0 Å². The Morgan fingerprint density at radius 3 is 2.57 bits per heavy atom. The maximum Gasteiger partial charge on any atom is 0.124 e. The van der Waals surface area contributed by atoms with Crippen LogP contribution in [0.15, 0.2) is 28.2 Å². The number of hydrogen-bond acceptors (Lipinski definition) is 0. The lowest BCUT2D eigenvalue weighted by Crippen LogP contribution is -1.91. The SMILES string of the molecule is C/C(=C\c1cc(F)cc(Br)c1)C(C)Br. The van der Waals surface area contributed by atoms with Gasteiger partial charge in [0.1, 0.15) is 5.82 Å². The first-order valence-electron chi connectivity index (χ1n) is 4.27. The van der Waals surface area contributed by atoms with Crippen molar-refractivity contribution in [3.8, 4) is 0 Å². The van der Waals surface area contributed by atoms with E-state index >= 15 is 0 Å². The molecule has 14 heavy (non-hydrogen) atoms. The predicted molar refractivity (Wildman–Crippen MR) is 66.1 cm³/mol. The molecule has 0 radical (unpaired) electrons. The monoisotopic (exact) mass is 320 g/mol. The molecule has 1 atom stereocenters. The Labute approximate surface area is 100 Å². The number of halogens is 3. The molecule has 0 aromatic heterocycles. The molecule has 1 aromatic rings. The van der Waals surface area contributed by atoms with Gasteiger partial charge in [-0.1, -0.05) is 43.5 Å². The van der Waals surface area contributed by atoms with Crippen LogP contribution >= 0.6 is 31.9 Å². The molecule has 76 valence electrons. The third-order valence-electron chi connectivity index (χ3n) is 1.91. The van der Waals surface area contributed by atoms with E-state index in [0.29, 0.717) is 4.83 Å². The van der Waals surface area contributed by atoms with E-state index < -0.39 is 0 Å². The van der Waals surface area contributed by atoms with E-state index in [-0.39, 0.29) is 5.82 Å². The van der Waals surface area contributed by atoms with Crippen LogP contribution in [0, 0.1) is 5.82 Å². The van der Waals surface area contributed by atoms with Crippen LogP contribution in [0.25, 0.3) is 6.08 Å². The number of allylic oxidation sites excluding steroid dienone is 1. The van der Waals surface area contributed by atoms with Crippen molar-refractivity contribution >= 4 is 37.9 Å². The fourth-order valence-electron chi connectivity index (χ4n) is 1.04. The molecule has 1 unspecified atom stereocenters. The van der Waals surface area contributed by atoms with Crippen LogP contribution in [-0.2, 0) is 0 Å². The molecule has 0 aliphatic carbocycles. The quantitative estimate of drug-likeness (QED) is 0.688. The normalized spacial score (nSPS) is 14.2. The number of alkyl halides is 1. The van der Waals surface area contributed by atoms with Gasteiger partial charge in [-0.2, -0.15) is 0 Å². The lowest BCUT2D eigenvalue weighted by Gasteiger charge is -2.03. The van der Waals surface area contributed by atoms with E-state index in [2.05, 4.69) is 31.9 Å². The molecule has 0 spiro atoms. The highest BCUT2D eigenvalue weighted by atomic mass is 79.9. The molecule has 0 saturated carbocycles. The average molecular weight is 322 g/mol. The van der Waals surface area contributed by atoms with Gasteiger partial charge in [0.2, 0.25) is 0 Å². The molecule has 0 aliphatic rings. The number of hydrogen-bond donors (Lipinski definition) is 0. The summed E-state index contributed by atoms with van der Waals surface area (Å²) in [6.45, 7) is 4.05. The lowest BCUT2D eigenvalue weighted by molar-refractivity contribution is 0.626. The second-order valence-corrected chi connectivity index (χ2v) is 5.50. The number of rotatable bonds is 2. The minimum Gasteiger partial charge on any atom is -0.207 e. The summed E-state index contributed by atoms with van der Waals surface area (Å²) in [5.41, 5.74) is 2.04. The van der Waals surface area contributed by atoms with Crippen LogP contribution in [0.2, 0.25) is 0 Å². The topological polar surface area (TPSA) is 0 Å². The molecule has 3 heteroatoms. The van der Waals surface area contributed by atoms with E-state index in [4.69, 9.17) is 0 Å². The highest BCUT2D eigenvalue weighted by Crippen LogP contribution is 2.19. The highest BCUT2D eigenvalue weighted by molar-refractivity contribution is 9.10. The molecular weight excluding hydrogens is 311 g/mol. The van der Waals surface area contributed by atoms with Gasteiger partial charge >= 0.3 is 0 Å². The van der Waals surface area contributed by atoms with E-state index in [1.807, 2.05) is 26.0 Å². The maximum absolute atomic E-state index is 13.0. The average Bonchev–Trinajstić information content (AvgIpc) is 2.01. The van der Waals surface area contributed by atoms with Crippen LogP contribution in [0.5, 0.6) is 0 Å². The Bertz CT molecular complexity index is 336. The Morgan fingerprint density at radius 1 is 1.43 bits per heavy atom. The first kappa shape index (κ1) is 11.9.